The molecule has 10 atom stereocenters. The first-order chi connectivity index (χ1) is 13.7. The van der Waals surface area contributed by atoms with Crippen molar-refractivity contribution in [3.63, 3.8) is 0 Å². The van der Waals surface area contributed by atoms with Crippen LogP contribution in [-0.2, 0) is 51.2 Å². The summed E-state index contributed by atoms with van der Waals surface area (Å²) in [6, 6.07) is 0. The normalized spacial score (nSPS) is 50.9. The van der Waals surface area contributed by atoms with Crippen LogP contribution in [0.3, 0.4) is 0 Å². The minimum Gasteiger partial charge on any atom is -0.388 e. The molecule has 3 saturated heterocycles. The summed E-state index contributed by atoms with van der Waals surface area (Å²) in [4.78, 5) is 21.1. The molecule has 4 unspecified atom stereocenters. The highest BCUT2D eigenvalue weighted by atomic mass is 32.5. The Morgan fingerprint density at radius 3 is 1.97 bits per heavy atom. The van der Waals surface area contributed by atoms with Crippen molar-refractivity contribution in [1.82, 2.24) is 0 Å². The van der Waals surface area contributed by atoms with Crippen molar-refractivity contribution < 1.29 is 47.6 Å². The molecule has 3 rings (SSSR count). The Bertz CT molecular complexity index is 719. The summed E-state index contributed by atoms with van der Waals surface area (Å²) in [6.45, 7) is -0.536. The van der Waals surface area contributed by atoms with E-state index in [1.54, 1.807) is 6.92 Å². The molecule has 176 valence electrons. The first kappa shape index (κ1) is 25.5. The number of fused-ring (bicyclic) bond motifs is 3. The van der Waals surface area contributed by atoms with Crippen molar-refractivity contribution in [2.45, 2.75) is 82.9 Å². The SMILES string of the molecule is C[C@@H]1O[C@@H]2COP(O)(=S)OC3[C@H](CC(C)(C)C)O[C@H](COP(O)(=S)OC2[C@@H]1O)[C@@H]3O. The van der Waals surface area contributed by atoms with Gasteiger partial charge in [-0.1, -0.05) is 20.8 Å². The lowest BCUT2D eigenvalue weighted by Gasteiger charge is -2.30. The fourth-order valence-corrected chi connectivity index (χ4v) is 6.63. The maximum Gasteiger partial charge on any atom is 0.325 e. The molecule has 0 amide bonds. The van der Waals surface area contributed by atoms with Crippen molar-refractivity contribution in [3.05, 3.63) is 0 Å². The molecule has 3 aliphatic heterocycles. The van der Waals surface area contributed by atoms with Gasteiger partial charge in [0, 0.05) is 0 Å². The number of aliphatic hydroxyl groups excluding tert-OH is 2. The molecular formula is C16H30O10P2S2. The Kier molecular flexibility index (Phi) is 7.89. The number of rotatable bonds is 1. The Labute approximate surface area is 186 Å². The van der Waals surface area contributed by atoms with Gasteiger partial charge < -0.3 is 38.5 Å². The van der Waals surface area contributed by atoms with Gasteiger partial charge in [0.1, 0.15) is 36.6 Å². The molecule has 0 aliphatic carbocycles. The summed E-state index contributed by atoms with van der Waals surface area (Å²) in [5.41, 5.74) is -0.169. The number of ether oxygens (including phenoxy) is 2. The van der Waals surface area contributed by atoms with Gasteiger partial charge in [-0.3, -0.25) is 9.05 Å². The molecule has 3 heterocycles. The smallest absolute Gasteiger partial charge is 0.325 e. The molecule has 0 radical (unpaired) electrons. The molecule has 10 nitrogen and oxygen atoms in total. The van der Waals surface area contributed by atoms with Gasteiger partial charge in [-0.15, -0.1) is 0 Å². The molecule has 3 aliphatic rings. The Morgan fingerprint density at radius 1 is 0.867 bits per heavy atom. The van der Waals surface area contributed by atoms with E-state index in [1.165, 1.54) is 0 Å². The third-order valence-electron chi connectivity index (χ3n) is 5.13. The van der Waals surface area contributed by atoms with E-state index in [0.29, 0.717) is 6.42 Å². The van der Waals surface area contributed by atoms with Crippen LogP contribution >= 0.6 is 13.4 Å². The van der Waals surface area contributed by atoms with E-state index < -0.39 is 62.3 Å². The van der Waals surface area contributed by atoms with E-state index in [1.807, 2.05) is 20.8 Å². The zero-order valence-electron chi connectivity index (χ0n) is 17.2. The number of hydrogen-bond donors (Lipinski definition) is 4. The maximum atomic E-state index is 10.7. The zero-order chi connectivity index (χ0) is 22.5. The van der Waals surface area contributed by atoms with Gasteiger partial charge in [-0.05, 0) is 42.4 Å². The summed E-state index contributed by atoms with van der Waals surface area (Å²) in [7, 11) is 0. The Morgan fingerprint density at radius 2 is 1.40 bits per heavy atom. The quantitative estimate of drug-likeness (QED) is 0.376. The van der Waals surface area contributed by atoms with Gasteiger partial charge in [0.25, 0.3) is 0 Å². The van der Waals surface area contributed by atoms with E-state index in [4.69, 9.17) is 51.2 Å². The first-order valence-electron chi connectivity index (χ1n) is 9.66. The van der Waals surface area contributed by atoms with Crippen LogP contribution in [-0.4, -0.2) is 82.0 Å². The summed E-state index contributed by atoms with van der Waals surface area (Å²) in [5.74, 6) is 0. The average molecular weight is 508 g/mol. The minimum absolute atomic E-state index is 0.169. The van der Waals surface area contributed by atoms with E-state index in [-0.39, 0.29) is 18.6 Å². The van der Waals surface area contributed by atoms with Crippen molar-refractivity contribution in [2.75, 3.05) is 13.2 Å². The molecule has 0 aromatic carbocycles. The lowest BCUT2D eigenvalue weighted by atomic mass is 9.87. The molecule has 0 aromatic heterocycles. The van der Waals surface area contributed by atoms with Crippen LogP contribution in [0.25, 0.3) is 0 Å². The number of aliphatic hydroxyl groups is 2. The van der Waals surface area contributed by atoms with Gasteiger partial charge in [-0.25, -0.2) is 0 Å². The van der Waals surface area contributed by atoms with Crippen LogP contribution in [0.5, 0.6) is 0 Å². The fourth-order valence-electron chi connectivity index (χ4n) is 3.74. The molecule has 3 fully saturated rings. The Balaban J connectivity index is 1.87. The van der Waals surface area contributed by atoms with Crippen LogP contribution in [0.1, 0.15) is 34.1 Å². The van der Waals surface area contributed by atoms with Crippen molar-refractivity contribution in [2.24, 2.45) is 5.41 Å². The highest BCUT2D eigenvalue weighted by Gasteiger charge is 2.50. The monoisotopic (exact) mass is 508 g/mol. The standard InChI is InChI=1S/C16H30O10P2S2/c1-8-12(17)15-11(23-8)7-22-28(20,30)25-14-9(5-16(2,3)4)24-10(13(14)18)6-21-27(19,29)26-15/h8-15,17-18H,5-7H2,1-4H3,(H,19,29)(H,20,30)/t8-,9-,10+,11+,12+,13-,14?,15?,27?,28?/m0/s1. The van der Waals surface area contributed by atoms with Gasteiger partial charge in [0.05, 0.1) is 25.4 Å². The highest BCUT2D eigenvalue weighted by Crippen LogP contribution is 2.52. The molecule has 0 aromatic rings. The van der Waals surface area contributed by atoms with Crippen LogP contribution in [0, 0.1) is 5.41 Å². The molecular weight excluding hydrogens is 478 g/mol. The van der Waals surface area contributed by atoms with Crippen molar-refractivity contribution >= 4 is 37.1 Å². The third-order valence-corrected chi connectivity index (χ3v) is 8.25. The van der Waals surface area contributed by atoms with Crippen LogP contribution in [0.15, 0.2) is 0 Å². The van der Waals surface area contributed by atoms with E-state index >= 15 is 0 Å². The summed E-state index contributed by atoms with van der Waals surface area (Å²) < 4.78 is 33.5. The fraction of sp³-hybridized carbons (Fsp3) is 1.00. The largest absolute Gasteiger partial charge is 0.388 e. The first-order valence-corrected chi connectivity index (χ1v) is 14.8. The molecule has 0 spiro atoms. The predicted molar refractivity (Wildman–Crippen MR) is 114 cm³/mol. The van der Waals surface area contributed by atoms with Crippen molar-refractivity contribution in [1.29, 1.82) is 0 Å². The predicted octanol–water partition coefficient (Wildman–Crippen LogP) is 0.950. The van der Waals surface area contributed by atoms with Gasteiger partial charge in [-0.2, -0.15) is 0 Å². The van der Waals surface area contributed by atoms with Gasteiger partial charge in [0.2, 0.25) is 0 Å². The zero-order valence-corrected chi connectivity index (χ0v) is 20.6. The molecule has 14 heteroatoms. The topological polar surface area (TPSA) is 136 Å². The van der Waals surface area contributed by atoms with Crippen LogP contribution < -0.4 is 0 Å². The second-order valence-electron chi connectivity index (χ2n) is 9.01. The third kappa shape index (κ3) is 6.27. The van der Waals surface area contributed by atoms with Crippen LogP contribution in [0.4, 0.5) is 0 Å². The highest BCUT2D eigenvalue weighted by molar-refractivity contribution is 8.07. The molecule has 2 bridgehead atoms. The van der Waals surface area contributed by atoms with E-state index in [0.717, 1.165) is 0 Å². The molecule has 4 N–H and O–H groups in total. The summed E-state index contributed by atoms with van der Waals surface area (Å²) in [6.07, 6.45) is -6.79. The second kappa shape index (κ2) is 9.27. The van der Waals surface area contributed by atoms with Crippen molar-refractivity contribution in [3.8, 4) is 0 Å². The second-order valence-corrected chi connectivity index (χ2v) is 14.6. The summed E-state index contributed by atoms with van der Waals surface area (Å²) >= 11 is 10.2. The van der Waals surface area contributed by atoms with E-state index in [9.17, 15) is 20.0 Å². The average Bonchev–Trinajstić information content (AvgIpc) is 3.01. The molecule has 0 saturated carbocycles. The lowest BCUT2D eigenvalue weighted by Crippen LogP contribution is -2.37. The summed E-state index contributed by atoms with van der Waals surface area (Å²) in [5, 5.41) is 21.1. The van der Waals surface area contributed by atoms with E-state index in [2.05, 4.69) is 0 Å². The maximum absolute atomic E-state index is 10.7. The molecule has 30 heavy (non-hydrogen) atoms. The minimum atomic E-state index is -3.81. The van der Waals surface area contributed by atoms with Crippen LogP contribution in [0.2, 0.25) is 0 Å². The van der Waals surface area contributed by atoms with Gasteiger partial charge >= 0.3 is 13.4 Å². The Hall–Kier alpha value is 0.900. The van der Waals surface area contributed by atoms with Gasteiger partial charge in [0.15, 0.2) is 0 Å². The number of hydrogen-bond acceptors (Lipinski definition) is 10. The lowest BCUT2D eigenvalue weighted by molar-refractivity contribution is -0.0423.